The summed E-state index contributed by atoms with van der Waals surface area (Å²) in [4.78, 5) is 29.8. The van der Waals surface area contributed by atoms with Gasteiger partial charge in [-0.25, -0.2) is 0 Å². The second kappa shape index (κ2) is 7.04. The van der Waals surface area contributed by atoms with Gasteiger partial charge in [-0.1, -0.05) is 0 Å². The second-order valence-electron chi connectivity index (χ2n) is 5.93. The van der Waals surface area contributed by atoms with Crippen LogP contribution < -0.4 is 5.32 Å². The van der Waals surface area contributed by atoms with Crippen LogP contribution in [-0.4, -0.2) is 86.4 Å². The number of nitrogens with zero attached hydrogens (tertiary/aromatic N) is 3. The SMILES string of the molecule is CN(C)C(=O)CN1CCN(C(=O)[C@H]2CCCNC2)CC1. The Balaban J connectivity index is 1.76. The molecule has 6 heteroatoms. The molecule has 0 aromatic carbocycles. The largest absolute Gasteiger partial charge is 0.348 e. The number of rotatable bonds is 3. The lowest BCUT2D eigenvalue weighted by Gasteiger charge is -2.37. The second-order valence-corrected chi connectivity index (χ2v) is 5.93. The Morgan fingerprint density at radius 3 is 2.45 bits per heavy atom. The lowest BCUT2D eigenvalue weighted by atomic mass is 9.98. The number of carbonyl (C=O) groups is 2. The molecule has 2 rings (SSSR count). The van der Waals surface area contributed by atoms with E-state index in [1.807, 2.05) is 4.90 Å². The molecule has 2 saturated heterocycles. The zero-order valence-electron chi connectivity index (χ0n) is 12.6. The van der Waals surface area contributed by atoms with E-state index in [2.05, 4.69) is 10.2 Å². The normalized spacial score (nSPS) is 24.5. The molecule has 114 valence electrons. The van der Waals surface area contributed by atoms with Crippen molar-refractivity contribution in [1.82, 2.24) is 20.0 Å². The molecule has 1 atom stereocenters. The number of piperidine rings is 1. The fourth-order valence-corrected chi connectivity index (χ4v) is 2.78. The van der Waals surface area contributed by atoms with E-state index in [0.717, 1.165) is 52.1 Å². The average molecular weight is 282 g/mol. The molecule has 2 amide bonds. The maximum Gasteiger partial charge on any atom is 0.236 e. The first kappa shape index (κ1) is 15.3. The molecule has 0 unspecified atom stereocenters. The third kappa shape index (κ3) is 3.93. The summed E-state index contributed by atoms with van der Waals surface area (Å²) in [6, 6.07) is 0. The van der Waals surface area contributed by atoms with Crippen LogP contribution in [0.15, 0.2) is 0 Å². The average Bonchev–Trinajstić information content (AvgIpc) is 2.48. The van der Waals surface area contributed by atoms with Crippen LogP contribution in [0.2, 0.25) is 0 Å². The third-order valence-corrected chi connectivity index (χ3v) is 4.19. The highest BCUT2D eigenvalue weighted by molar-refractivity contribution is 5.79. The first-order valence-electron chi connectivity index (χ1n) is 7.50. The fourth-order valence-electron chi connectivity index (χ4n) is 2.78. The fraction of sp³-hybridized carbons (Fsp3) is 0.857. The lowest BCUT2D eigenvalue weighted by Crippen LogP contribution is -2.53. The van der Waals surface area contributed by atoms with Gasteiger partial charge < -0.3 is 15.1 Å². The molecule has 0 radical (unpaired) electrons. The summed E-state index contributed by atoms with van der Waals surface area (Å²) in [5.41, 5.74) is 0. The summed E-state index contributed by atoms with van der Waals surface area (Å²) in [5.74, 6) is 0.566. The molecule has 0 aromatic heterocycles. The molecule has 2 fully saturated rings. The van der Waals surface area contributed by atoms with Crippen LogP contribution in [0.5, 0.6) is 0 Å². The maximum atomic E-state index is 12.4. The minimum absolute atomic E-state index is 0.126. The van der Waals surface area contributed by atoms with E-state index in [1.54, 1.807) is 19.0 Å². The summed E-state index contributed by atoms with van der Waals surface area (Å²) >= 11 is 0. The molecule has 2 aliphatic rings. The van der Waals surface area contributed by atoms with Crippen LogP contribution in [0.1, 0.15) is 12.8 Å². The number of hydrogen-bond donors (Lipinski definition) is 1. The quantitative estimate of drug-likeness (QED) is 0.738. The Kier molecular flexibility index (Phi) is 5.37. The maximum absolute atomic E-state index is 12.4. The van der Waals surface area contributed by atoms with E-state index in [9.17, 15) is 9.59 Å². The minimum atomic E-state index is 0.126. The Bertz CT molecular complexity index is 345. The van der Waals surface area contributed by atoms with Gasteiger partial charge in [0.2, 0.25) is 11.8 Å². The number of carbonyl (C=O) groups excluding carboxylic acids is 2. The minimum Gasteiger partial charge on any atom is -0.348 e. The van der Waals surface area contributed by atoms with Gasteiger partial charge in [-0.2, -0.15) is 0 Å². The van der Waals surface area contributed by atoms with Crippen LogP contribution >= 0.6 is 0 Å². The Hall–Kier alpha value is -1.14. The highest BCUT2D eigenvalue weighted by Gasteiger charge is 2.28. The molecule has 0 aliphatic carbocycles. The molecular weight excluding hydrogens is 256 g/mol. The van der Waals surface area contributed by atoms with Crippen LogP contribution in [0.25, 0.3) is 0 Å². The van der Waals surface area contributed by atoms with E-state index in [4.69, 9.17) is 0 Å². The van der Waals surface area contributed by atoms with E-state index >= 15 is 0 Å². The summed E-state index contributed by atoms with van der Waals surface area (Å²) in [6.45, 7) is 5.39. The molecule has 0 saturated carbocycles. The van der Waals surface area contributed by atoms with Crippen molar-refractivity contribution in [3.8, 4) is 0 Å². The van der Waals surface area contributed by atoms with Crippen LogP contribution in [-0.2, 0) is 9.59 Å². The molecule has 0 aromatic rings. The summed E-state index contributed by atoms with van der Waals surface area (Å²) in [5, 5.41) is 3.29. The first-order chi connectivity index (χ1) is 9.58. The van der Waals surface area contributed by atoms with Gasteiger partial charge in [-0.3, -0.25) is 14.5 Å². The third-order valence-electron chi connectivity index (χ3n) is 4.19. The zero-order valence-corrected chi connectivity index (χ0v) is 12.6. The molecule has 0 bridgehead atoms. The molecular formula is C14H26N4O2. The van der Waals surface area contributed by atoms with Crippen LogP contribution in [0, 0.1) is 5.92 Å². The summed E-state index contributed by atoms with van der Waals surface area (Å²) in [7, 11) is 3.55. The molecule has 2 aliphatic heterocycles. The molecule has 6 nitrogen and oxygen atoms in total. The van der Waals surface area contributed by atoms with Crippen LogP contribution in [0.4, 0.5) is 0 Å². The van der Waals surface area contributed by atoms with Gasteiger partial charge in [0, 0.05) is 46.8 Å². The topological polar surface area (TPSA) is 55.9 Å². The van der Waals surface area contributed by atoms with Gasteiger partial charge >= 0.3 is 0 Å². The smallest absolute Gasteiger partial charge is 0.236 e. The van der Waals surface area contributed by atoms with Crippen molar-refractivity contribution in [3.63, 3.8) is 0 Å². The molecule has 1 N–H and O–H groups in total. The van der Waals surface area contributed by atoms with E-state index in [0.29, 0.717) is 6.54 Å². The number of hydrogen-bond acceptors (Lipinski definition) is 4. The van der Waals surface area contributed by atoms with Gasteiger partial charge in [-0.15, -0.1) is 0 Å². The monoisotopic (exact) mass is 282 g/mol. The number of amides is 2. The first-order valence-corrected chi connectivity index (χ1v) is 7.50. The van der Waals surface area contributed by atoms with Gasteiger partial charge in [0.1, 0.15) is 0 Å². The van der Waals surface area contributed by atoms with Crippen molar-refractivity contribution < 1.29 is 9.59 Å². The zero-order chi connectivity index (χ0) is 14.5. The number of nitrogens with one attached hydrogen (secondary N) is 1. The molecule has 0 spiro atoms. The van der Waals surface area contributed by atoms with Gasteiger partial charge in [0.25, 0.3) is 0 Å². The number of piperazine rings is 1. The van der Waals surface area contributed by atoms with Crippen LogP contribution in [0.3, 0.4) is 0 Å². The van der Waals surface area contributed by atoms with Crippen molar-refractivity contribution in [2.45, 2.75) is 12.8 Å². The summed E-state index contributed by atoms with van der Waals surface area (Å²) < 4.78 is 0. The van der Waals surface area contributed by atoms with Gasteiger partial charge in [0.05, 0.1) is 12.5 Å². The Morgan fingerprint density at radius 2 is 1.90 bits per heavy atom. The summed E-state index contributed by atoms with van der Waals surface area (Å²) in [6.07, 6.45) is 2.10. The van der Waals surface area contributed by atoms with Crippen molar-refractivity contribution in [3.05, 3.63) is 0 Å². The highest BCUT2D eigenvalue weighted by Crippen LogP contribution is 2.15. The van der Waals surface area contributed by atoms with Crippen molar-refractivity contribution >= 4 is 11.8 Å². The van der Waals surface area contributed by atoms with E-state index < -0.39 is 0 Å². The highest BCUT2D eigenvalue weighted by atomic mass is 16.2. The van der Waals surface area contributed by atoms with E-state index in [1.165, 1.54) is 0 Å². The van der Waals surface area contributed by atoms with E-state index in [-0.39, 0.29) is 17.7 Å². The van der Waals surface area contributed by atoms with Gasteiger partial charge in [0.15, 0.2) is 0 Å². The molecule has 2 heterocycles. The molecule has 20 heavy (non-hydrogen) atoms. The predicted molar refractivity (Wildman–Crippen MR) is 77.3 cm³/mol. The predicted octanol–water partition coefficient (Wildman–Crippen LogP) is -0.782. The Morgan fingerprint density at radius 1 is 1.20 bits per heavy atom. The van der Waals surface area contributed by atoms with Gasteiger partial charge in [-0.05, 0) is 19.4 Å². The van der Waals surface area contributed by atoms with Crippen molar-refractivity contribution in [2.75, 3.05) is 59.9 Å². The Labute approximate surface area is 121 Å². The van der Waals surface area contributed by atoms with Crippen molar-refractivity contribution in [1.29, 1.82) is 0 Å². The lowest BCUT2D eigenvalue weighted by molar-refractivity contribution is -0.138. The number of likely N-dealkylation sites (N-methyl/N-ethyl adjacent to an activating group) is 1. The standard InChI is InChI=1S/C14H26N4O2/c1-16(2)13(19)11-17-6-8-18(9-7-17)14(20)12-4-3-5-15-10-12/h12,15H,3-11H2,1-2H3/t12-/m0/s1. The van der Waals surface area contributed by atoms with Crippen molar-refractivity contribution in [2.24, 2.45) is 5.92 Å².